The number of carbonyl (C=O) groups excluding carboxylic acids is 1. The third-order valence-electron chi connectivity index (χ3n) is 2.64. The third kappa shape index (κ3) is 3.43. The van der Waals surface area contributed by atoms with Gasteiger partial charge < -0.3 is 16.0 Å². The van der Waals surface area contributed by atoms with E-state index in [1.807, 2.05) is 30.3 Å². The zero-order valence-electron chi connectivity index (χ0n) is 9.97. The number of hydrogen-bond acceptors (Lipinski definition) is 3. The van der Waals surface area contributed by atoms with Gasteiger partial charge in [-0.25, -0.2) is 4.98 Å². The van der Waals surface area contributed by atoms with E-state index in [4.69, 9.17) is 5.73 Å². The highest BCUT2D eigenvalue weighted by molar-refractivity contribution is 5.76. The van der Waals surface area contributed by atoms with Crippen molar-refractivity contribution < 1.29 is 4.79 Å². The number of nitrogens with one attached hydrogen (secondary N) is 2. The molecule has 4 N–H and O–H groups in total. The lowest BCUT2D eigenvalue weighted by Gasteiger charge is -2.11. The lowest BCUT2D eigenvalue weighted by atomic mass is 10.0. The van der Waals surface area contributed by atoms with E-state index >= 15 is 0 Å². The minimum absolute atomic E-state index is 0.0808. The highest BCUT2D eigenvalue weighted by atomic mass is 16.1. The first kappa shape index (κ1) is 12.3. The molecule has 0 spiro atoms. The minimum atomic E-state index is -0.275. The van der Waals surface area contributed by atoms with Crippen LogP contribution in [0.1, 0.15) is 23.9 Å². The fourth-order valence-electron chi connectivity index (χ4n) is 1.67. The third-order valence-corrected chi connectivity index (χ3v) is 2.64. The highest BCUT2D eigenvalue weighted by Crippen LogP contribution is 2.12. The number of carbonyl (C=O) groups is 1. The van der Waals surface area contributed by atoms with Crippen LogP contribution in [0.4, 0.5) is 0 Å². The van der Waals surface area contributed by atoms with E-state index in [-0.39, 0.29) is 18.4 Å². The molecule has 0 aliphatic heterocycles. The molecule has 2 rings (SSSR count). The predicted molar refractivity (Wildman–Crippen MR) is 68.4 cm³/mol. The summed E-state index contributed by atoms with van der Waals surface area (Å²) in [5.41, 5.74) is 6.92. The van der Waals surface area contributed by atoms with Crippen molar-refractivity contribution in [3.63, 3.8) is 0 Å². The maximum absolute atomic E-state index is 11.7. The molecule has 5 heteroatoms. The number of aromatic nitrogens is 2. The second-order valence-corrected chi connectivity index (χ2v) is 4.03. The normalized spacial score (nSPS) is 12.1. The topological polar surface area (TPSA) is 83.8 Å². The molecule has 1 amide bonds. The van der Waals surface area contributed by atoms with Gasteiger partial charge in [0.1, 0.15) is 5.82 Å². The fraction of sp³-hybridized carbons (Fsp3) is 0.231. The summed E-state index contributed by atoms with van der Waals surface area (Å²) < 4.78 is 0. The molecule has 94 valence electrons. The molecule has 0 saturated carbocycles. The quantitative estimate of drug-likeness (QED) is 0.736. The van der Waals surface area contributed by atoms with Crippen LogP contribution in [0.2, 0.25) is 0 Å². The van der Waals surface area contributed by atoms with Crippen molar-refractivity contribution in [3.05, 3.63) is 54.1 Å². The van der Waals surface area contributed by atoms with Gasteiger partial charge in [-0.15, -0.1) is 0 Å². The average Bonchev–Trinajstić information content (AvgIpc) is 2.90. The van der Waals surface area contributed by atoms with Gasteiger partial charge in [0.2, 0.25) is 5.91 Å². The first-order valence-electron chi connectivity index (χ1n) is 5.81. The van der Waals surface area contributed by atoms with Crippen molar-refractivity contribution in [3.8, 4) is 0 Å². The maximum atomic E-state index is 11.7. The number of rotatable bonds is 5. The van der Waals surface area contributed by atoms with Crippen molar-refractivity contribution in [2.24, 2.45) is 5.73 Å². The van der Waals surface area contributed by atoms with Crippen LogP contribution in [0.15, 0.2) is 42.7 Å². The van der Waals surface area contributed by atoms with Gasteiger partial charge in [-0.1, -0.05) is 30.3 Å². The Kier molecular flexibility index (Phi) is 4.09. The first-order chi connectivity index (χ1) is 8.75. The number of nitrogens with zero attached hydrogens (tertiary/aromatic N) is 1. The number of H-pyrrole nitrogens is 1. The van der Waals surface area contributed by atoms with E-state index in [0.717, 1.165) is 11.4 Å². The minimum Gasteiger partial charge on any atom is -0.349 e. The summed E-state index contributed by atoms with van der Waals surface area (Å²) in [6.45, 7) is 0.396. The molecule has 1 heterocycles. The Bertz CT molecular complexity index is 481. The van der Waals surface area contributed by atoms with E-state index in [9.17, 15) is 4.79 Å². The van der Waals surface area contributed by atoms with Crippen molar-refractivity contribution in [2.75, 3.05) is 0 Å². The van der Waals surface area contributed by atoms with E-state index in [0.29, 0.717) is 6.54 Å². The van der Waals surface area contributed by atoms with Gasteiger partial charge in [-0.2, -0.15) is 0 Å². The SMILES string of the molecule is NC(CC(=O)NCc1ncc[nH]1)c1ccccc1. The predicted octanol–water partition coefficient (Wildman–Crippen LogP) is 1.12. The second-order valence-electron chi connectivity index (χ2n) is 4.03. The largest absolute Gasteiger partial charge is 0.349 e. The molecule has 1 aromatic carbocycles. The van der Waals surface area contributed by atoms with Crippen LogP contribution >= 0.6 is 0 Å². The summed E-state index contributed by atoms with van der Waals surface area (Å²) >= 11 is 0. The van der Waals surface area contributed by atoms with Crippen molar-refractivity contribution in [1.29, 1.82) is 0 Å². The van der Waals surface area contributed by atoms with Crippen LogP contribution < -0.4 is 11.1 Å². The molecule has 1 atom stereocenters. The summed E-state index contributed by atoms with van der Waals surface area (Å²) in [6.07, 6.45) is 3.64. The molecule has 0 aliphatic rings. The Morgan fingerprint density at radius 1 is 1.39 bits per heavy atom. The molecule has 2 aromatic rings. The average molecular weight is 244 g/mol. The van der Waals surface area contributed by atoms with E-state index in [1.54, 1.807) is 12.4 Å². The first-order valence-corrected chi connectivity index (χ1v) is 5.81. The molecule has 0 fully saturated rings. The van der Waals surface area contributed by atoms with E-state index in [2.05, 4.69) is 15.3 Å². The van der Waals surface area contributed by atoms with E-state index in [1.165, 1.54) is 0 Å². The Hall–Kier alpha value is -2.14. The van der Waals surface area contributed by atoms with Gasteiger partial charge in [0, 0.05) is 24.9 Å². The Morgan fingerprint density at radius 3 is 2.83 bits per heavy atom. The number of amides is 1. The smallest absolute Gasteiger partial charge is 0.222 e. The van der Waals surface area contributed by atoms with Crippen molar-refractivity contribution in [2.45, 2.75) is 19.0 Å². The van der Waals surface area contributed by atoms with Crippen LogP contribution in [0.25, 0.3) is 0 Å². The van der Waals surface area contributed by atoms with Crippen LogP contribution in [0, 0.1) is 0 Å². The van der Waals surface area contributed by atoms with Gasteiger partial charge in [0.15, 0.2) is 0 Å². The lowest BCUT2D eigenvalue weighted by Crippen LogP contribution is -2.27. The molecular weight excluding hydrogens is 228 g/mol. The standard InChI is InChI=1S/C13H16N4O/c14-11(10-4-2-1-3-5-10)8-13(18)17-9-12-15-6-7-16-12/h1-7,11H,8-9,14H2,(H,15,16)(H,17,18). The van der Waals surface area contributed by atoms with Crippen LogP contribution in [0.3, 0.4) is 0 Å². The second kappa shape index (κ2) is 5.97. The lowest BCUT2D eigenvalue weighted by molar-refractivity contribution is -0.121. The van der Waals surface area contributed by atoms with Gasteiger partial charge in [-0.3, -0.25) is 4.79 Å². The molecule has 0 bridgehead atoms. The fourth-order valence-corrected chi connectivity index (χ4v) is 1.67. The monoisotopic (exact) mass is 244 g/mol. The van der Waals surface area contributed by atoms with Crippen LogP contribution in [-0.4, -0.2) is 15.9 Å². The Morgan fingerprint density at radius 2 is 2.17 bits per heavy atom. The highest BCUT2D eigenvalue weighted by Gasteiger charge is 2.11. The number of benzene rings is 1. The summed E-state index contributed by atoms with van der Waals surface area (Å²) in [6, 6.07) is 9.32. The summed E-state index contributed by atoms with van der Waals surface area (Å²) in [5.74, 6) is 0.652. The molecule has 0 aliphatic carbocycles. The summed E-state index contributed by atoms with van der Waals surface area (Å²) in [7, 11) is 0. The zero-order chi connectivity index (χ0) is 12.8. The maximum Gasteiger partial charge on any atom is 0.222 e. The zero-order valence-corrected chi connectivity index (χ0v) is 9.97. The van der Waals surface area contributed by atoms with Crippen LogP contribution in [-0.2, 0) is 11.3 Å². The molecule has 5 nitrogen and oxygen atoms in total. The molecule has 0 radical (unpaired) electrons. The molecule has 18 heavy (non-hydrogen) atoms. The van der Waals surface area contributed by atoms with E-state index < -0.39 is 0 Å². The van der Waals surface area contributed by atoms with Gasteiger partial charge >= 0.3 is 0 Å². The molecule has 0 saturated heterocycles. The Labute approximate surface area is 105 Å². The number of imidazole rings is 1. The summed E-state index contributed by atoms with van der Waals surface area (Å²) in [4.78, 5) is 18.6. The van der Waals surface area contributed by atoms with Gasteiger partial charge in [0.05, 0.1) is 6.54 Å². The number of hydrogen-bond donors (Lipinski definition) is 3. The number of aromatic amines is 1. The van der Waals surface area contributed by atoms with Crippen LogP contribution in [0.5, 0.6) is 0 Å². The number of nitrogens with two attached hydrogens (primary N) is 1. The van der Waals surface area contributed by atoms with Gasteiger partial charge in [-0.05, 0) is 5.56 Å². The summed E-state index contributed by atoms with van der Waals surface area (Å²) in [5, 5.41) is 2.77. The van der Waals surface area contributed by atoms with Crippen molar-refractivity contribution in [1.82, 2.24) is 15.3 Å². The Balaban J connectivity index is 1.80. The molecule has 1 aromatic heterocycles. The molecule has 1 unspecified atom stereocenters. The molecular formula is C13H16N4O. The van der Waals surface area contributed by atoms with Crippen molar-refractivity contribution >= 4 is 5.91 Å². The van der Waals surface area contributed by atoms with Gasteiger partial charge in [0.25, 0.3) is 0 Å².